The van der Waals surface area contributed by atoms with E-state index in [1.54, 1.807) is 12.4 Å². The Morgan fingerprint density at radius 2 is 2.23 bits per heavy atom. The van der Waals surface area contributed by atoms with Gasteiger partial charge in [0, 0.05) is 39.0 Å². The van der Waals surface area contributed by atoms with Crippen LogP contribution in [0.4, 0.5) is 5.95 Å². The second-order valence-electron chi connectivity index (χ2n) is 7.02. The molecule has 2 atom stereocenters. The van der Waals surface area contributed by atoms with Gasteiger partial charge < -0.3 is 14.5 Å². The Morgan fingerprint density at radius 1 is 1.35 bits per heavy atom. The molecular formula is C18H24N6O2. The first-order valence-corrected chi connectivity index (χ1v) is 9.11. The predicted molar refractivity (Wildman–Crippen MR) is 96.6 cm³/mol. The summed E-state index contributed by atoms with van der Waals surface area (Å²) in [6.07, 6.45) is 6.91. The van der Waals surface area contributed by atoms with Crippen molar-refractivity contribution in [3.8, 4) is 11.3 Å². The molecule has 138 valence electrons. The molecule has 2 aromatic heterocycles. The van der Waals surface area contributed by atoms with Crippen LogP contribution in [0.1, 0.15) is 37.4 Å². The minimum atomic E-state index is -0.290. The normalized spacial score (nSPS) is 22.8. The highest BCUT2D eigenvalue weighted by Gasteiger charge is 2.37. The summed E-state index contributed by atoms with van der Waals surface area (Å²) in [6, 6.07) is 1.87. The largest absolute Gasteiger partial charge is 0.368 e. The molecule has 2 fully saturated rings. The van der Waals surface area contributed by atoms with Gasteiger partial charge in [-0.1, -0.05) is 0 Å². The van der Waals surface area contributed by atoms with Crippen molar-refractivity contribution in [3.63, 3.8) is 0 Å². The first-order chi connectivity index (χ1) is 12.6. The second kappa shape index (κ2) is 7.03. The molecule has 1 N–H and O–H groups in total. The molecule has 8 nitrogen and oxygen atoms in total. The number of anilines is 1. The lowest BCUT2D eigenvalue weighted by Gasteiger charge is -2.27. The van der Waals surface area contributed by atoms with Crippen LogP contribution >= 0.6 is 0 Å². The van der Waals surface area contributed by atoms with Crippen molar-refractivity contribution in [1.82, 2.24) is 25.1 Å². The van der Waals surface area contributed by atoms with E-state index >= 15 is 0 Å². The first-order valence-electron chi connectivity index (χ1n) is 9.11. The van der Waals surface area contributed by atoms with Gasteiger partial charge >= 0.3 is 0 Å². The highest BCUT2D eigenvalue weighted by molar-refractivity contribution is 5.82. The van der Waals surface area contributed by atoms with Crippen LogP contribution in [0.2, 0.25) is 0 Å². The van der Waals surface area contributed by atoms with Crippen molar-refractivity contribution in [1.29, 1.82) is 0 Å². The van der Waals surface area contributed by atoms with E-state index in [4.69, 9.17) is 4.74 Å². The van der Waals surface area contributed by atoms with Crippen LogP contribution in [0.3, 0.4) is 0 Å². The summed E-state index contributed by atoms with van der Waals surface area (Å²) in [5, 5.41) is 7.35. The SMILES string of the molecule is CN(C)c1nccc(-c2cn[nH]c2C2CCCN2C(=O)C2CCCO2)n1. The maximum Gasteiger partial charge on any atom is 0.252 e. The predicted octanol–water partition coefficient (Wildman–Crippen LogP) is 1.78. The van der Waals surface area contributed by atoms with Crippen LogP contribution in [0.25, 0.3) is 11.3 Å². The molecule has 0 bridgehead atoms. The molecule has 2 aliphatic heterocycles. The molecule has 0 radical (unpaired) electrons. The molecule has 4 heterocycles. The van der Waals surface area contributed by atoms with Gasteiger partial charge in [-0.2, -0.15) is 5.10 Å². The number of H-pyrrole nitrogens is 1. The maximum absolute atomic E-state index is 12.9. The molecule has 2 unspecified atom stereocenters. The van der Waals surface area contributed by atoms with Gasteiger partial charge in [0.05, 0.1) is 23.6 Å². The number of ether oxygens (including phenoxy) is 1. The van der Waals surface area contributed by atoms with E-state index in [1.165, 1.54) is 0 Å². The van der Waals surface area contributed by atoms with Gasteiger partial charge in [-0.05, 0) is 31.7 Å². The Morgan fingerprint density at radius 3 is 3.00 bits per heavy atom. The number of likely N-dealkylation sites (tertiary alicyclic amines) is 1. The maximum atomic E-state index is 12.9. The van der Waals surface area contributed by atoms with Crippen molar-refractivity contribution in [2.24, 2.45) is 0 Å². The fraction of sp³-hybridized carbons (Fsp3) is 0.556. The molecule has 1 amide bonds. The lowest BCUT2D eigenvalue weighted by molar-refractivity contribution is -0.142. The third-order valence-corrected chi connectivity index (χ3v) is 5.06. The number of carbonyl (C=O) groups excluding carboxylic acids is 1. The van der Waals surface area contributed by atoms with E-state index in [9.17, 15) is 4.79 Å². The average molecular weight is 356 g/mol. The van der Waals surface area contributed by atoms with Crippen molar-refractivity contribution >= 4 is 11.9 Å². The summed E-state index contributed by atoms with van der Waals surface area (Å²) >= 11 is 0. The highest BCUT2D eigenvalue weighted by atomic mass is 16.5. The molecule has 4 rings (SSSR count). The van der Waals surface area contributed by atoms with Crippen LogP contribution < -0.4 is 4.90 Å². The Bertz CT molecular complexity index is 783. The third-order valence-electron chi connectivity index (χ3n) is 5.06. The molecule has 2 saturated heterocycles. The number of hydrogen-bond acceptors (Lipinski definition) is 6. The highest BCUT2D eigenvalue weighted by Crippen LogP contribution is 2.37. The van der Waals surface area contributed by atoms with Crippen LogP contribution in [0.5, 0.6) is 0 Å². The lowest BCUT2D eigenvalue weighted by atomic mass is 10.0. The van der Waals surface area contributed by atoms with E-state index in [0.29, 0.717) is 12.6 Å². The number of aromatic nitrogens is 4. The molecule has 0 saturated carbocycles. The Kier molecular flexibility index (Phi) is 4.58. The van der Waals surface area contributed by atoms with Gasteiger partial charge in [-0.15, -0.1) is 0 Å². The van der Waals surface area contributed by atoms with Gasteiger partial charge in [0.2, 0.25) is 5.95 Å². The number of rotatable bonds is 4. The van der Waals surface area contributed by atoms with Crippen molar-refractivity contribution < 1.29 is 9.53 Å². The van der Waals surface area contributed by atoms with Crippen LogP contribution in [0, 0.1) is 0 Å². The molecule has 0 aromatic carbocycles. The summed E-state index contributed by atoms with van der Waals surface area (Å²) in [7, 11) is 3.82. The molecule has 2 aliphatic rings. The fourth-order valence-corrected chi connectivity index (χ4v) is 3.76. The average Bonchev–Trinajstić information content (AvgIpc) is 3.41. The molecule has 26 heavy (non-hydrogen) atoms. The van der Waals surface area contributed by atoms with Gasteiger partial charge in [-0.3, -0.25) is 9.89 Å². The van der Waals surface area contributed by atoms with Crippen molar-refractivity contribution in [2.45, 2.75) is 37.8 Å². The van der Waals surface area contributed by atoms with Crippen molar-refractivity contribution in [3.05, 3.63) is 24.2 Å². The van der Waals surface area contributed by atoms with E-state index in [-0.39, 0.29) is 18.1 Å². The molecule has 0 aliphatic carbocycles. The van der Waals surface area contributed by atoms with E-state index in [2.05, 4.69) is 20.2 Å². The van der Waals surface area contributed by atoms with E-state index in [1.807, 2.05) is 30.0 Å². The van der Waals surface area contributed by atoms with Gasteiger partial charge in [0.25, 0.3) is 5.91 Å². The summed E-state index contributed by atoms with van der Waals surface area (Å²) < 4.78 is 5.61. The zero-order chi connectivity index (χ0) is 18.1. The Labute approximate surface area is 152 Å². The zero-order valence-electron chi connectivity index (χ0n) is 15.2. The second-order valence-corrected chi connectivity index (χ2v) is 7.02. The lowest BCUT2D eigenvalue weighted by Crippen LogP contribution is -2.38. The summed E-state index contributed by atoms with van der Waals surface area (Å²) in [6.45, 7) is 1.44. The van der Waals surface area contributed by atoms with E-state index < -0.39 is 0 Å². The van der Waals surface area contributed by atoms with E-state index in [0.717, 1.165) is 49.2 Å². The van der Waals surface area contributed by atoms with Crippen molar-refractivity contribution in [2.75, 3.05) is 32.1 Å². The number of hydrogen-bond donors (Lipinski definition) is 1. The van der Waals surface area contributed by atoms with Gasteiger partial charge in [0.15, 0.2) is 0 Å². The van der Waals surface area contributed by atoms with Gasteiger partial charge in [-0.25, -0.2) is 9.97 Å². The first kappa shape index (κ1) is 17.0. The third kappa shape index (κ3) is 3.05. The number of amides is 1. The quantitative estimate of drug-likeness (QED) is 0.898. The van der Waals surface area contributed by atoms with Gasteiger partial charge in [0.1, 0.15) is 6.10 Å². The van der Waals surface area contributed by atoms with Crippen LogP contribution in [-0.4, -0.2) is 64.3 Å². The summed E-state index contributed by atoms with van der Waals surface area (Å²) in [5.74, 6) is 0.746. The Balaban J connectivity index is 1.63. The molecule has 2 aromatic rings. The number of nitrogens with zero attached hydrogens (tertiary/aromatic N) is 5. The summed E-state index contributed by atoms with van der Waals surface area (Å²) in [4.78, 5) is 25.6. The molecular weight excluding hydrogens is 332 g/mol. The smallest absolute Gasteiger partial charge is 0.252 e. The minimum Gasteiger partial charge on any atom is -0.368 e. The van der Waals surface area contributed by atoms with Crippen LogP contribution in [0.15, 0.2) is 18.5 Å². The number of nitrogens with one attached hydrogen (secondary N) is 1. The molecule has 0 spiro atoms. The minimum absolute atomic E-state index is 0.0121. The Hall–Kier alpha value is -2.48. The van der Waals surface area contributed by atoms with Crippen LogP contribution in [-0.2, 0) is 9.53 Å². The molecule has 8 heteroatoms. The zero-order valence-corrected chi connectivity index (χ0v) is 15.2. The monoisotopic (exact) mass is 356 g/mol. The topological polar surface area (TPSA) is 87.2 Å². The summed E-state index contributed by atoms with van der Waals surface area (Å²) in [5.41, 5.74) is 2.67. The number of aromatic amines is 1. The standard InChI is InChI=1S/C18H24N6O2/c1-23(2)18-19-8-7-13(21-18)12-11-20-22-16(12)14-5-3-9-24(14)17(25)15-6-4-10-26-15/h7-8,11,14-15H,3-6,9-10H2,1-2H3,(H,20,22). The fourth-order valence-electron chi connectivity index (χ4n) is 3.76. The number of carbonyl (C=O) groups is 1.